The summed E-state index contributed by atoms with van der Waals surface area (Å²) in [5, 5.41) is 6.89. The second-order valence-corrected chi connectivity index (χ2v) is 7.62. The molecule has 0 unspecified atom stereocenters. The molecule has 3 aromatic rings. The molecule has 0 bridgehead atoms. The highest BCUT2D eigenvalue weighted by molar-refractivity contribution is 5.92. The van der Waals surface area contributed by atoms with Crippen molar-refractivity contribution in [2.75, 3.05) is 24.8 Å². The standard InChI is InChI=1S/C28H30N2O2/c1-3-31-25-15-11-22(12-16-25)27(23-13-17-26(18-14-23)32-4-2)19-20-29-30-21-7-9-24-8-5-6-10-28(24)30/h5-6,8,10-20H,3-4,7,9,21H2,1-2H3. The highest BCUT2D eigenvalue weighted by atomic mass is 16.5. The monoisotopic (exact) mass is 426 g/mol. The van der Waals surface area contributed by atoms with Crippen molar-refractivity contribution in [3.63, 3.8) is 0 Å². The van der Waals surface area contributed by atoms with E-state index >= 15 is 0 Å². The van der Waals surface area contributed by atoms with Crippen LogP contribution in [0.3, 0.4) is 0 Å². The van der Waals surface area contributed by atoms with Gasteiger partial charge in [0.1, 0.15) is 11.5 Å². The predicted molar refractivity (Wildman–Crippen MR) is 133 cm³/mol. The minimum atomic E-state index is 0.658. The van der Waals surface area contributed by atoms with Crippen molar-refractivity contribution in [3.8, 4) is 11.5 Å². The number of hydrogen-bond acceptors (Lipinski definition) is 4. The Morgan fingerprint density at radius 2 is 1.44 bits per heavy atom. The Bertz CT molecular complexity index is 1020. The number of aryl methyl sites for hydroxylation is 1. The summed E-state index contributed by atoms with van der Waals surface area (Å²) in [5.74, 6) is 1.75. The Morgan fingerprint density at radius 3 is 2.03 bits per heavy atom. The lowest BCUT2D eigenvalue weighted by molar-refractivity contribution is 0.340. The lowest BCUT2D eigenvalue weighted by atomic mass is 9.97. The van der Waals surface area contributed by atoms with Gasteiger partial charge in [-0.1, -0.05) is 42.5 Å². The molecular weight excluding hydrogens is 396 g/mol. The van der Waals surface area contributed by atoms with Crippen molar-refractivity contribution in [1.82, 2.24) is 0 Å². The Hall–Kier alpha value is -3.53. The second-order valence-electron chi connectivity index (χ2n) is 7.62. The van der Waals surface area contributed by atoms with Crippen LogP contribution in [0.5, 0.6) is 11.5 Å². The van der Waals surface area contributed by atoms with E-state index in [0.29, 0.717) is 13.2 Å². The predicted octanol–water partition coefficient (Wildman–Crippen LogP) is 6.35. The zero-order valence-electron chi connectivity index (χ0n) is 18.8. The number of hydrogen-bond donors (Lipinski definition) is 0. The van der Waals surface area contributed by atoms with Crippen LogP contribution in [-0.4, -0.2) is 26.0 Å². The van der Waals surface area contributed by atoms with E-state index < -0.39 is 0 Å². The lowest BCUT2D eigenvalue weighted by Crippen LogP contribution is -2.23. The number of fused-ring (bicyclic) bond motifs is 1. The van der Waals surface area contributed by atoms with E-state index in [2.05, 4.69) is 59.6 Å². The Morgan fingerprint density at radius 1 is 0.844 bits per heavy atom. The molecule has 0 radical (unpaired) electrons. The number of allylic oxidation sites excluding steroid dienone is 1. The molecule has 3 aromatic carbocycles. The van der Waals surface area contributed by atoms with Crippen LogP contribution in [0.1, 0.15) is 37.0 Å². The first-order chi connectivity index (χ1) is 15.8. The molecule has 4 heteroatoms. The highest BCUT2D eigenvalue weighted by Crippen LogP contribution is 2.28. The summed E-state index contributed by atoms with van der Waals surface area (Å²) in [5.41, 5.74) is 5.89. The van der Waals surface area contributed by atoms with Crippen LogP contribution in [0.25, 0.3) is 5.57 Å². The number of rotatable bonds is 8. The first kappa shape index (κ1) is 21.7. The summed E-state index contributed by atoms with van der Waals surface area (Å²) >= 11 is 0. The molecule has 0 aromatic heterocycles. The number of para-hydroxylation sites is 1. The molecule has 4 rings (SSSR count). The maximum absolute atomic E-state index is 5.61. The molecule has 0 atom stereocenters. The fourth-order valence-corrected chi connectivity index (χ4v) is 3.98. The van der Waals surface area contributed by atoms with Crippen molar-refractivity contribution >= 4 is 17.5 Å². The van der Waals surface area contributed by atoms with Crippen LogP contribution in [0.2, 0.25) is 0 Å². The average Bonchev–Trinajstić information content (AvgIpc) is 2.84. The molecule has 0 spiro atoms. The third-order valence-corrected chi connectivity index (χ3v) is 5.49. The van der Waals surface area contributed by atoms with Crippen LogP contribution in [0.15, 0.2) is 84.0 Å². The molecule has 1 aliphatic heterocycles. The number of anilines is 1. The van der Waals surface area contributed by atoms with Crippen molar-refractivity contribution in [2.24, 2.45) is 5.10 Å². The summed E-state index contributed by atoms with van der Waals surface area (Å²) in [4.78, 5) is 0. The minimum Gasteiger partial charge on any atom is -0.494 e. The van der Waals surface area contributed by atoms with Crippen molar-refractivity contribution in [1.29, 1.82) is 0 Å². The Kier molecular flexibility index (Phi) is 7.23. The molecule has 4 nitrogen and oxygen atoms in total. The number of benzene rings is 3. The van der Waals surface area contributed by atoms with Gasteiger partial charge < -0.3 is 9.47 Å². The van der Waals surface area contributed by atoms with Crippen LogP contribution in [0.4, 0.5) is 5.69 Å². The summed E-state index contributed by atoms with van der Waals surface area (Å²) in [6.45, 7) is 6.24. The Balaban J connectivity index is 1.64. The molecule has 0 fully saturated rings. The zero-order chi connectivity index (χ0) is 22.2. The number of ether oxygens (including phenoxy) is 2. The minimum absolute atomic E-state index is 0.658. The van der Waals surface area contributed by atoms with E-state index in [1.54, 1.807) is 0 Å². The first-order valence-corrected chi connectivity index (χ1v) is 11.3. The van der Waals surface area contributed by atoms with E-state index in [1.165, 1.54) is 11.3 Å². The summed E-state index contributed by atoms with van der Waals surface area (Å²) in [6.07, 6.45) is 6.22. The SMILES string of the molecule is CCOc1ccc(C(=CC=NN2CCCc3ccccc32)c2ccc(OCC)cc2)cc1. The van der Waals surface area contributed by atoms with Crippen molar-refractivity contribution < 1.29 is 9.47 Å². The van der Waals surface area contributed by atoms with Gasteiger partial charge in [0.2, 0.25) is 0 Å². The third-order valence-electron chi connectivity index (χ3n) is 5.49. The zero-order valence-corrected chi connectivity index (χ0v) is 18.8. The molecular formula is C28H30N2O2. The first-order valence-electron chi connectivity index (χ1n) is 11.3. The number of nitrogens with zero attached hydrogens (tertiary/aromatic N) is 2. The van der Waals surface area contributed by atoms with E-state index in [-0.39, 0.29) is 0 Å². The van der Waals surface area contributed by atoms with Gasteiger partial charge in [0, 0.05) is 12.8 Å². The van der Waals surface area contributed by atoms with E-state index in [0.717, 1.165) is 47.6 Å². The van der Waals surface area contributed by atoms with Gasteiger partial charge in [-0.25, -0.2) is 0 Å². The van der Waals surface area contributed by atoms with Gasteiger partial charge in [0.25, 0.3) is 0 Å². The third kappa shape index (κ3) is 5.20. The molecule has 1 aliphatic rings. The van der Waals surface area contributed by atoms with Gasteiger partial charge in [-0.05, 0) is 85.4 Å². The summed E-state index contributed by atoms with van der Waals surface area (Å²) in [6, 6.07) is 24.9. The highest BCUT2D eigenvalue weighted by Gasteiger charge is 2.14. The smallest absolute Gasteiger partial charge is 0.119 e. The van der Waals surface area contributed by atoms with Gasteiger partial charge in [-0.2, -0.15) is 5.10 Å². The van der Waals surface area contributed by atoms with Crippen LogP contribution in [-0.2, 0) is 6.42 Å². The van der Waals surface area contributed by atoms with Crippen LogP contribution in [0, 0.1) is 0 Å². The van der Waals surface area contributed by atoms with E-state index in [1.807, 2.05) is 44.3 Å². The molecule has 164 valence electrons. The van der Waals surface area contributed by atoms with E-state index in [4.69, 9.17) is 14.6 Å². The number of hydrazone groups is 1. The molecule has 0 saturated heterocycles. The molecule has 0 saturated carbocycles. The average molecular weight is 427 g/mol. The fraction of sp³-hybridized carbons (Fsp3) is 0.250. The summed E-state index contributed by atoms with van der Waals surface area (Å²) < 4.78 is 11.2. The van der Waals surface area contributed by atoms with Crippen LogP contribution < -0.4 is 14.5 Å². The maximum Gasteiger partial charge on any atom is 0.119 e. The van der Waals surface area contributed by atoms with Gasteiger partial charge in [-0.15, -0.1) is 0 Å². The molecule has 0 amide bonds. The molecule has 1 heterocycles. The Labute approximate surface area is 190 Å². The maximum atomic E-state index is 5.61. The fourth-order valence-electron chi connectivity index (χ4n) is 3.98. The summed E-state index contributed by atoms with van der Waals surface area (Å²) in [7, 11) is 0. The second kappa shape index (κ2) is 10.7. The van der Waals surface area contributed by atoms with Gasteiger partial charge in [0.15, 0.2) is 0 Å². The normalized spacial score (nSPS) is 13.0. The van der Waals surface area contributed by atoms with E-state index in [9.17, 15) is 0 Å². The van der Waals surface area contributed by atoms with Crippen molar-refractivity contribution in [2.45, 2.75) is 26.7 Å². The quantitative estimate of drug-likeness (QED) is 0.393. The molecule has 0 aliphatic carbocycles. The van der Waals surface area contributed by atoms with Crippen molar-refractivity contribution in [3.05, 3.63) is 95.6 Å². The lowest BCUT2D eigenvalue weighted by Gasteiger charge is -2.26. The van der Waals surface area contributed by atoms with Crippen LogP contribution >= 0.6 is 0 Å². The molecule has 0 N–H and O–H groups in total. The van der Waals surface area contributed by atoms with Gasteiger partial charge in [-0.3, -0.25) is 5.01 Å². The van der Waals surface area contributed by atoms with Gasteiger partial charge in [0.05, 0.1) is 18.9 Å². The molecule has 32 heavy (non-hydrogen) atoms. The van der Waals surface area contributed by atoms with Gasteiger partial charge >= 0.3 is 0 Å². The topological polar surface area (TPSA) is 34.1 Å². The largest absolute Gasteiger partial charge is 0.494 e.